The van der Waals surface area contributed by atoms with Gasteiger partial charge in [0.05, 0.1) is 0 Å². The van der Waals surface area contributed by atoms with Crippen molar-refractivity contribution in [2.24, 2.45) is 0 Å². The van der Waals surface area contributed by atoms with Crippen LogP contribution in [0.3, 0.4) is 0 Å². The number of furan rings is 1. The third-order valence-electron chi connectivity index (χ3n) is 10.6. The van der Waals surface area contributed by atoms with E-state index in [1.807, 2.05) is 53.8 Å². The molecular formula is C51H31N3OS. The summed E-state index contributed by atoms with van der Waals surface area (Å²) in [4.78, 5) is 15.0. The number of fused-ring (bicyclic) bond motifs is 6. The molecule has 0 aliphatic heterocycles. The van der Waals surface area contributed by atoms with E-state index >= 15 is 0 Å². The molecule has 0 spiro atoms. The number of hydrogen-bond acceptors (Lipinski definition) is 5. The minimum absolute atomic E-state index is 0.591. The van der Waals surface area contributed by atoms with Crippen molar-refractivity contribution in [2.75, 3.05) is 0 Å². The van der Waals surface area contributed by atoms with E-state index in [9.17, 15) is 0 Å². The molecule has 3 heterocycles. The molecule has 0 atom stereocenters. The lowest BCUT2D eigenvalue weighted by Gasteiger charge is -2.09. The topological polar surface area (TPSA) is 51.8 Å². The van der Waals surface area contributed by atoms with Crippen molar-refractivity contribution in [3.63, 3.8) is 0 Å². The first-order valence-corrected chi connectivity index (χ1v) is 19.5. The Balaban J connectivity index is 0.964. The van der Waals surface area contributed by atoms with E-state index in [0.29, 0.717) is 17.5 Å². The Morgan fingerprint density at radius 2 is 0.857 bits per heavy atom. The second kappa shape index (κ2) is 13.3. The van der Waals surface area contributed by atoms with Gasteiger partial charge in [0.2, 0.25) is 0 Å². The fourth-order valence-corrected chi connectivity index (χ4v) is 8.83. The number of hydrogen-bond donors (Lipinski definition) is 0. The summed E-state index contributed by atoms with van der Waals surface area (Å²) in [5, 5.41) is 4.76. The molecule has 4 nitrogen and oxygen atoms in total. The zero-order valence-corrected chi connectivity index (χ0v) is 30.9. The summed E-state index contributed by atoms with van der Waals surface area (Å²) < 4.78 is 9.19. The molecule has 0 fully saturated rings. The number of rotatable bonds is 6. The average molecular weight is 734 g/mol. The highest BCUT2D eigenvalue weighted by molar-refractivity contribution is 7.25. The molecule has 0 radical (unpaired) electrons. The predicted molar refractivity (Wildman–Crippen MR) is 233 cm³/mol. The molecule has 3 aromatic heterocycles. The molecule has 0 aliphatic rings. The van der Waals surface area contributed by atoms with Gasteiger partial charge in [-0.3, -0.25) is 0 Å². The summed E-state index contributed by atoms with van der Waals surface area (Å²) in [5.74, 6) is 1.83. The van der Waals surface area contributed by atoms with Crippen molar-refractivity contribution < 1.29 is 4.42 Å². The highest BCUT2D eigenvalue weighted by Gasteiger charge is 2.17. The highest BCUT2D eigenvalue weighted by atomic mass is 32.1. The van der Waals surface area contributed by atoms with Crippen LogP contribution >= 0.6 is 11.3 Å². The molecule has 11 rings (SSSR count). The number of benzene rings is 8. The van der Waals surface area contributed by atoms with Crippen LogP contribution in [0.25, 0.3) is 110 Å². The molecule has 8 aromatic carbocycles. The average Bonchev–Trinajstić information content (AvgIpc) is 3.85. The quantitative estimate of drug-likeness (QED) is 0.171. The maximum Gasteiger partial charge on any atom is 0.164 e. The lowest BCUT2D eigenvalue weighted by atomic mass is 9.96. The van der Waals surface area contributed by atoms with Crippen molar-refractivity contribution >= 4 is 53.4 Å². The molecule has 0 saturated heterocycles. The van der Waals surface area contributed by atoms with E-state index in [0.717, 1.165) is 55.3 Å². The SMILES string of the molecule is c1ccc(-c2ccc(-c3nc(-c4ccccc4)nc(-c4ccc5c(c4)oc4cccc(-c6ccc(-c7ccc8sc9ccccc9c8c7)cc6)c45)n3)cc2)cc1. The zero-order chi connectivity index (χ0) is 37.0. The Hall–Kier alpha value is -7.21. The first kappa shape index (κ1) is 32.2. The summed E-state index contributed by atoms with van der Waals surface area (Å²) in [7, 11) is 0. The van der Waals surface area contributed by atoms with Crippen molar-refractivity contribution in [1.29, 1.82) is 0 Å². The van der Waals surface area contributed by atoms with E-state index in [1.54, 1.807) is 0 Å². The Morgan fingerprint density at radius 3 is 1.61 bits per heavy atom. The summed E-state index contributed by atoms with van der Waals surface area (Å²) in [6.07, 6.45) is 0. The maximum absolute atomic E-state index is 6.55. The largest absolute Gasteiger partial charge is 0.456 e. The molecule has 0 aliphatic carbocycles. The summed E-state index contributed by atoms with van der Waals surface area (Å²) in [6, 6.07) is 65.7. The van der Waals surface area contributed by atoms with Crippen LogP contribution in [0.1, 0.15) is 0 Å². The Morgan fingerprint density at radius 1 is 0.321 bits per heavy atom. The molecule has 0 unspecified atom stereocenters. The Bertz CT molecular complexity index is 3220. The molecule has 0 amide bonds. The molecule has 56 heavy (non-hydrogen) atoms. The lowest BCUT2D eigenvalue weighted by Crippen LogP contribution is -2.00. The van der Waals surface area contributed by atoms with Crippen LogP contribution in [0, 0.1) is 0 Å². The van der Waals surface area contributed by atoms with E-state index in [1.165, 1.54) is 36.9 Å². The van der Waals surface area contributed by atoms with Gasteiger partial charge in [-0.15, -0.1) is 11.3 Å². The van der Waals surface area contributed by atoms with Gasteiger partial charge in [0.1, 0.15) is 11.2 Å². The van der Waals surface area contributed by atoms with Crippen LogP contribution in [0.4, 0.5) is 0 Å². The van der Waals surface area contributed by atoms with Crippen LogP contribution < -0.4 is 0 Å². The molecule has 262 valence electrons. The molecule has 0 N–H and O–H groups in total. The molecular weight excluding hydrogens is 703 g/mol. The Labute approximate surface area is 327 Å². The van der Waals surface area contributed by atoms with Gasteiger partial charge >= 0.3 is 0 Å². The first-order chi connectivity index (χ1) is 27.7. The predicted octanol–water partition coefficient (Wildman–Crippen LogP) is 14.1. The van der Waals surface area contributed by atoms with Gasteiger partial charge in [0.25, 0.3) is 0 Å². The number of thiophene rings is 1. The van der Waals surface area contributed by atoms with Gasteiger partial charge in [-0.25, -0.2) is 15.0 Å². The van der Waals surface area contributed by atoms with Crippen LogP contribution in [-0.4, -0.2) is 15.0 Å². The monoisotopic (exact) mass is 733 g/mol. The van der Waals surface area contributed by atoms with E-state index in [-0.39, 0.29) is 0 Å². The van der Waals surface area contributed by atoms with E-state index < -0.39 is 0 Å². The smallest absolute Gasteiger partial charge is 0.164 e. The highest BCUT2D eigenvalue weighted by Crippen LogP contribution is 2.40. The van der Waals surface area contributed by atoms with Gasteiger partial charge in [-0.2, -0.15) is 0 Å². The van der Waals surface area contributed by atoms with Crippen molar-refractivity contribution in [3.8, 4) is 67.5 Å². The third kappa shape index (κ3) is 5.65. The second-order valence-electron chi connectivity index (χ2n) is 14.0. The standard InChI is InChI=1S/C51H31N3OS/c1-3-10-32(11-4-1)33-20-24-37(25-21-33)50-52-49(36-12-5-2-6-13-36)53-51(54-50)39-26-28-42-45(31-39)55-44-16-9-15-40(48(42)44)35-22-18-34(19-23-35)38-27-29-47-43(30-38)41-14-7-8-17-46(41)56-47/h1-31H. The normalized spacial score (nSPS) is 11.6. The van der Waals surface area contributed by atoms with E-state index in [4.69, 9.17) is 19.4 Å². The van der Waals surface area contributed by atoms with Crippen LogP contribution in [-0.2, 0) is 0 Å². The molecule has 0 bridgehead atoms. The van der Waals surface area contributed by atoms with Crippen LogP contribution in [0.2, 0.25) is 0 Å². The fraction of sp³-hybridized carbons (Fsp3) is 0. The van der Waals surface area contributed by atoms with Crippen molar-refractivity contribution in [3.05, 3.63) is 188 Å². The summed E-state index contributed by atoms with van der Waals surface area (Å²) in [6.45, 7) is 0. The number of nitrogens with zero attached hydrogens (tertiary/aromatic N) is 3. The zero-order valence-electron chi connectivity index (χ0n) is 30.1. The second-order valence-corrected chi connectivity index (χ2v) is 15.1. The fourth-order valence-electron chi connectivity index (χ4n) is 7.75. The Kier molecular flexibility index (Phi) is 7.64. The maximum atomic E-state index is 6.55. The minimum atomic E-state index is 0.591. The minimum Gasteiger partial charge on any atom is -0.456 e. The van der Waals surface area contributed by atoms with Crippen LogP contribution in [0.15, 0.2) is 192 Å². The van der Waals surface area contributed by atoms with Crippen molar-refractivity contribution in [2.45, 2.75) is 0 Å². The van der Waals surface area contributed by atoms with Crippen molar-refractivity contribution in [1.82, 2.24) is 15.0 Å². The molecule has 0 saturated carbocycles. The van der Waals surface area contributed by atoms with Crippen LogP contribution in [0.5, 0.6) is 0 Å². The van der Waals surface area contributed by atoms with Gasteiger partial charge in [-0.05, 0) is 69.8 Å². The van der Waals surface area contributed by atoms with Gasteiger partial charge < -0.3 is 4.42 Å². The van der Waals surface area contributed by atoms with Gasteiger partial charge in [-0.1, -0.05) is 152 Å². The lowest BCUT2D eigenvalue weighted by molar-refractivity contribution is 0.669. The van der Waals surface area contributed by atoms with Gasteiger partial charge in [0, 0.05) is 47.6 Å². The summed E-state index contributed by atoms with van der Waals surface area (Å²) in [5.41, 5.74) is 11.3. The molecule has 11 aromatic rings. The first-order valence-electron chi connectivity index (χ1n) is 18.7. The number of aromatic nitrogens is 3. The molecule has 5 heteroatoms. The third-order valence-corrected chi connectivity index (χ3v) is 11.7. The van der Waals surface area contributed by atoms with Gasteiger partial charge in [0.15, 0.2) is 17.5 Å². The summed E-state index contributed by atoms with van der Waals surface area (Å²) >= 11 is 1.85. The van der Waals surface area contributed by atoms with E-state index in [2.05, 4.69) is 146 Å².